The summed E-state index contributed by atoms with van der Waals surface area (Å²) < 4.78 is 32.1. The number of fused-ring (bicyclic) bond motifs is 1. The van der Waals surface area contributed by atoms with Gasteiger partial charge in [-0.3, -0.25) is 4.55 Å². The smallest absolute Gasteiger partial charge is 0.261 e. The van der Waals surface area contributed by atoms with E-state index in [-0.39, 0.29) is 0 Å². The number of thiophene rings is 1. The largest absolute Gasteiger partial charge is 0.493 e. The Balaban J connectivity index is 0.000000465. The van der Waals surface area contributed by atoms with Gasteiger partial charge in [-0.05, 0) is 67.8 Å². The van der Waals surface area contributed by atoms with E-state index in [1.165, 1.54) is 41.7 Å². The summed E-state index contributed by atoms with van der Waals surface area (Å²) in [6, 6.07) is 10.9. The van der Waals surface area contributed by atoms with Crippen molar-refractivity contribution in [2.75, 3.05) is 26.5 Å². The van der Waals surface area contributed by atoms with Crippen LogP contribution in [0.1, 0.15) is 28.8 Å². The van der Waals surface area contributed by atoms with Crippen LogP contribution in [0, 0.1) is 5.92 Å². The molecule has 0 fully saturated rings. The predicted molar refractivity (Wildman–Crippen MR) is 111 cm³/mol. The first kappa shape index (κ1) is 21.9. The van der Waals surface area contributed by atoms with Crippen LogP contribution in [0.25, 0.3) is 0 Å². The van der Waals surface area contributed by atoms with Crippen molar-refractivity contribution >= 4 is 21.5 Å². The van der Waals surface area contributed by atoms with Gasteiger partial charge in [0.1, 0.15) is 5.75 Å². The molecule has 0 spiro atoms. The van der Waals surface area contributed by atoms with Crippen molar-refractivity contribution in [3.05, 3.63) is 51.7 Å². The third-order valence-corrected chi connectivity index (χ3v) is 5.29. The highest BCUT2D eigenvalue weighted by Gasteiger charge is 2.16. The molecule has 0 saturated heterocycles. The zero-order valence-electron chi connectivity index (χ0n) is 16.0. The Morgan fingerprint density at radius 1 is 1.22 bits per heavy atom. The average Bonchev–Trinajstić information content (AvgIpc) is 3.11. The van der Waals surface area contributed by atoms with Gasteiger partial charge in [-0.2, -0.15) is 8.42 Å². The zero-order valence-corrected chi connectivity index (χ0v) is 17.6. The minimum Gasteiger partial charge on any atom is -0.493 e. The third kappa shape index (κ3) is 8.43. The first-order chi connectivity index (χ1) is 12.9. The predicted octanol–water partition coefficient (Wildman–Crippen LogP) is 3.59. The second-order valence-corrected chi connectivity index (χ2v) is 9.35. The highest BCUT2D eigenvalue weighted by atomic mass is 32.2. The summed E-state index contributed by atoms with van der Waals surface area (Å²) in [7, 11) is -1.65. The molecule has 1 aromatic heterocycles. The van der Waals surface area contributed by atoms with Crippen molar-refractivity contribution in [2.45, 2.75) is 32.1 Å². The van der Waals surface area contributed by atoms with Crippen molar-refractivity contribution in [1.82, 2.24) is 5.32 Å². The molecule has 0 saturated carbocycles. The van der Waals surface area contributed by atoms with E-state index in [1.54, 1.807) is 0 Å². The SMILES string of the molecule is CNCC(COc1cccc2c1CCCC2)Cc1cccs1.CS(=O)(=O)O. The van der Waals surface area contributed by atoms with Crippen LogP contribution in [-0.4, -0.2) is 39.4 Å². The van der Waals surface area contributed by atoms with Crippen molar-refractivity contribution in [1.29, 1.82) is 0 Å². The highest BCUT2D eigenvalue weighted by Crippen LogP contribution is 2.30. The van der Waals surface area contributed by atoms with Gasteiger partial charge in [-0.15, -0.1) is 11.3 Å². The van der Waals surface area contributed by atoms with Crippen molar-refractivity contribution in [2.24, 2.45) is 5.92 Å². The van der Waals surface area contributed by atoms with E-state index >= 15 is 0 Å². The van der Waals surface area contributed by atoms with Crippen LogP contribution in [0.5, 0.6) is 5.75 Å². The standard InChI is InChI=1S/C19H25NOS.CH4O3S/c1-20-13-15(12-17-8-5-11-22-17)14-21-19-10-4-7-16-6-2-3-9-18(16)19;1-5(2,3)4/h4-5,7-8,10-11,15,20H,2-3,6,9,12-14H2,1H3;1H3,(H,2,3,4). The van der Waals surface area contributed by atoms with Crippen LogP contribution in [0.4, 0.5) is 0 Å². The second kappa shape index (κ2) is 10.8. The summed E-state index contributed by atoms with van der Waals surface area (Å²) in [6.07, 6.45) is 6.80. The number of nitrogens with one attached hydrogen (secondary N) is 1. The van der Waals surface area contributed by atoms with Gasteiger partial charge in [0.2, 0.25) is 0 Å². The minimum absolute atomic E-state index is 0.517. The zero-order chi connectivity index (χ0) is 19.7. The summed E-state index contributed by atoms with van der Waals surface area (Å²) in [5.74, 6) is 1.63. The lowest BCUT2D eigenvalue weighted by Gasteiger charge is -2.22. The number of ether oxygens (including phenoxy) is 1. The fourth-order valence-electron chi connectivity index (χ4n) is 3.28. The number of aryl methyl sites for hydroxylation is 1. The molecule has 0 bridgehead atoms. The van der Waals surface area contributed by atoms with Crippen LogP contribution in [0.2, 0.25) is 0 Å². The molecule has 27 heavy (non-hydrogen) atoms. The van der Waals surface area contributed by atoms with Gasteiger partial charge in [0, 0.05) is 17.3 Å². The highest BCUT2D eigenvalue weighted by molar-refractivity contribution is 7.85. The maximum absolute atomic E-state index is 9.19. The molecule has 7 heteroatoms. The van der Waals surface area contributed by atoms with Gasteiger partial charge in [0.05, 0.1) is 12.9 Å². The van der Waals surface area contributed by atoms with E-state index < -0.39 is 10.1 Å². The first-order valence-corrected chi connectivity index (χ1v) is 11.9. The molecule has 1 aromatic carbocycles. The Hall–Kier alpha value is -1.41. The molecule has 5 nitrogen and oxygen atoms in total. The Kier molecular flexibility index (Phi) is 8.76. The molecule has 0 aliphatic heterocycles. The summed E-state index contributed by atoms with van der Waals surface area (Å²) in [5.41, 5.74) is 2.94. The van der Waals surface area contributed by atoms with Crippen molar-refractivity contribution in [3.8, 4) is 5.75 Å². The lowest BCUT2D eigenvalue weighted by molar-refractivity contribution is 0.243. The normalized spacial score (nSPS) is 14.6. The molecular formula is C20H29NO4S2. The average molecular weight is 412 g/mol. The van der Waals surface area contributed by atoms with Crippen LogP contribution in [0.15, 0.2) is 35.7 Å². The molecule has 2 aromatic rings. The molecule has 150 valence electrons. The fraction of sp³-hybridized carbons (Fsp3) is 0.500. The van der Waals surface area contributed by atoms with Crippen LogP contribution in [0.3, 0.4) is 0 Å². The van der Waals surface area contributed by atoms with E-state index in [1.807, 2.05) is 18.4 Å². The number of benzene rings is 1. The lowest BCUT2D eigenvalue weighted by atomic mass is 9.91. The Morgan fingerprint density at radius 2 is 1.96 bits per heavy atom. The number of hydrogen-bond donors (Lipinski definition) is 2. The van der Waals surface area contributed by atoms with E-state index in [2.05, 4.69) is 41.0 Å². The molecule has 1 heterocycles. The van der Waals surface area contributed by atoms with E-state index in [0.717, 1.165) is 25.3 Å². The van der Waals surface area contributed by atoms with Crippen molar-refractivity contribution < 1.29 is 17.7 Å². The molecular weight excluding hydrogens is 382 g/mol. The quantitative estimate of drug-likeness (QED) is 0.681. The third-order valence-electron chi connectivity index (χ3n) is 4.39. The van der Waals surface area contributed by atoms with Gasteiger partial charge in [0.15, 0.2) is 0 Å². The summed E-state index contributed by atoms with van der Waals surface area (Å²) in [6.45, 7) is 1.78. The molecule has 1 unspecified atom stereocenters. The number of hydrogen-bond acceptors (Lipinski definition) is 5. The molecule has 1 atom stereocenters. The lowest BCUT2D eigenvalue weighted by Crippen LogP contribution is -2.26. The molecule has 1 aliphatic rings. The number of rotatable bonds is 7. The van der Waals surface area contributed by atoms with Crippen LogP contribution in [-0.2, 0) is 29.4 Å². The van der Waals surface area contributed by atoms with Crippen molar-refractivity contribution in [3.63, 3.8) is 0 Å². The molecule has 3 rings (SSSR count). The van der Waals surface area contributed by atoms with E-state index in [4.69, 9.17) is 9.29 Å². The Labute approximate surface area is 166 Å². The Bertz CT molecular complexity index is 780. The topological polar surface area (TPSA) is 75.6 Å². The summed E-state index contributed by atoms with van der Waals surface area (Å²) in [5, 5.41) is 5.46. The minimum atomic E-state index is -3.67. The Morgan fingerprint density at radius 3 is 2.63 bits per heavy atom. The van der Waals surface area contributed by atoms with Gasteiger partial charge >= 0.3 is 0 Å². The summed E-state index contributed by atoms with van der Waals surface area (Å²) in [4.78, 5) is 1.44. The molecule has 1 aliphatic carbocycles. The van der Waals surface area contributed by atoms with Gasteiger partial charge in [-0.1, -0.05) is 18.2 Å². The fourth-order valence-corrected chi connectivity index (χ4v) is 4.10. The van der Waals surface area contributed by atoms with Crippen LogP contribution >= 0.6 is 11.3 Å². The maximum atomic E-state index is 9.19. The second-order valence-electron chi connectivity index (χ2n) is 6.85. The monoisotopic (exact) mass is 411 g/mol. The first-order valence-electron chi connectivity index (χ1n) is 9.20. The molecule has 0 amide bonds. The molecule has 2 N–H and O–H groups in total. The van der Waals surface area contributed by atoms with Crippen LogP contribution < -0.4 is 10.1 Å². The van der Waals surface area contributed by atoms with Gasteiger partial charge in [-0.25, -0.2) is 0 Å². The summed E-state index contributed by atoms with van der Waals surface area (Å²) >= 11 is 1.84. The van der Waals surface area contributed by atoms with E-state index in [9.17, 15) is 8.42 Å². The van der Waals surface area contributed by atoms with E-state index in [0.29, 0.717) is 12.2 Å². The van der Waals surface area contributed by atoms with Gasteiger partial charge < -0.3 is 10.1 Å². The van der Waals surface area contributed by atoms with Gasteiger partial charge in [0.25, 0.3) is 10.1 Å². The molecule has 0 radical (unpaired) electrons. The maximum Gasteiger partial charge on any atom is 0.261 e.